The van der Waals surface area contributed by atoms with Gasteiger partial charge in [0.1, 0.15) is 6.10 Å². The number of morpholine rings is 1. The highest BCUT2D eigenvalue weighted by atomic mass is 16.5. The van der Waals surface area contributed by atoms with Gasteiger partial charge in [0.15, 0.2) is 0 Å². The predicted octanol–water partition coefficient (Wildman–Crippen LogP) is 0.0678. The predicted molar refractivity (Wildman–Crippen MR) is 91.6 cm³/mol. The van der Waals surface area contributed by atoms with E-state index in [1.54, 1.807) is 42.5 Å². The molecule has 1 saturated heterocycles. The normalized spacial score (nSPS) is 16.5. The van der Waals surface area contributed by atoms with Crippen molar-refractivity contribution in [1.29, 1.82) is 0 Å². The molecule has 1 unspecified atom stereocenters. The topological polar surface area (TPSA) is 136 Å². The number of aryl methyl sites for hydroxylation is 1. The standard InChI is InChI=1S/C15H15N7O2.CH2O2/c1-21-19-14(18-20-21)13-9-22(6-7-24-13)15(23)10-2-3-11-12(8-10)17-5-4-16-11;2-1-3/h2-5,8,13H,6-7,9H2,1H3;1H,(H,2,3). The minimum Gasteiger partial charge on any atom is -0.483 e. The second-order valence-electron chi connectivity index (χ2n) is 5.61. The third kappa shape index (κ3) is 4.20. The van der Waals surface area contributed by atoms with Gasteiger partial charge in [-0.3, -0.25) is 19.6 Å². The van der Waals surface area contributed by atoms with E-state index in [2.05, 4.69) is 25.4 Å². The molecule has 11 nitrogen and oxygen atoms in total. The lowest BCUT2D eigenvalue weighted by atomic mass is 10.1. The molecule has 0 radical (unpaired) electrons. The molecule has 11 heteroatoms. The first-order valence-corrected chi connectivity index (χ1v) is 8.05. The van der Waals surface area contributed by atoms with Crippen LogP contribution < -0.4 is 0 Å². The molecule has 0 saturated carbocycles. The van der Waals surface area contributed by atoms with Crippen LogP contribution in [0.2, 0.25) is 0 Å². The third-order valence-corrected chi connectivity index (χ3v) is 3.88. The number of carbonyl (C=O) groups excluding carboxylic acids is 1. The third-order valence-electron chi connectivity index (χ3n) is 3.88. The van der Waals surface area contributed by atoms with Crippen LogP contribution in [0.4, 0.5) is 0 Å². The Hall–Kier alpha value is -3.47. The SMILES string of the molecule is Cn1nnc(C2CN(C(=O)c3ccc4nccnc4c3)CCO2)n1.O=CO. The second-order valence-corrected chi connectivity index (χ2v) is 5.61. The molecule has 1 aliphatic rings. The Morgan fingerprint density at radius 3 is 2.74 bits per heavy atom. The fourth-order valence-corrected chi connectivity index (χ4v) is 2.70. The van der Waals surface area contributed by atoms with Crippen molar-refractivity contribution in [3.63, 3.8) is 0 Å². The molecule has 3 aromatic rings. The number of ether oxygens (including phenoxy) is 1. The highest BCUT2D eigenvalue weighted by Crippen LogP contribution is 2.21. The van der Waals surface area contributed by atoms with E-state index < -0.39 is 0 Å². The fourth-order valence-electron chi connectivity index (χ4n) is 2.70. The molecule has 1 amide bonds. The quantitative estimate of drug-likeness (QED) is 0.620. The molecule has 1 fully saturated rings. The summed E-state index contributed by atoms with van der Waals surface area (Å²) in [6.07, 6.45) is 2.88. The van der Waals surface area contributed by atoms with Crippen LogP contribution in [0.25, 0.3) is 11.0 Å². The van der Waals surface area contributed by atoms with E-state index in [4.69, 9.17) is 14.6 Å². The number of hydrogen-bond donors (Lipinski definition) is 1. The zero-order valence-electron chi connectivity index (χ0n) is 14.5. The van der Waals surface area contributed by atoms with Crippen molar-refractivity contribution < 1.29 is 19.4 Å². The molecule has 1 atom stereocenters. The summed E-state index contributed by atoms with van der Waals surface area (Å²) in [6, 6.07) is 5.33. The van der Waals surface area contributed by atoms with Gasteiger partial charge >= 0.3 is 0 Å². The maximum atomic E-state index is 12.8. The van der Waals surface area contributed by atoms with E-state index in [1.165, 1.54) is 4.80 Å². The molecule has 1 N–H and O–H groups in total. The summed E-state index contributed by atoms with van der Waals surface area (Å²) in [7, 11) is 1.69. The zero-order valence-corrected chi connectivity index (χ0v) is 14.5. The van der Waals surface area contributed by atoms with Crippen LogP contribution in [0.1, 0.15) is 22.3 Å². The zero-order chi connectivity index (χ0) is 19.2. The molecular weight excluding hydrogens is 354 g/mol. The van der Waals surface area contributed by atoms with Crippen LogP contribution in [-0.2, 0) is 16.6 Å². The van der Waals surface area contributed by atoms with Crippen molar-refractivity contribution >= 4 is 23.4 Å². The summed E-state index contributed by atoms with van der Waals surface area (Å²) in [4.78, 5) is 32.7. The number of aromatic nitrogens is 6. The number of hydrogen-bond acceptors (Lipinski definition) is 8. The lowest BCUT2D eigenvalue weighted by Gasteiger charge is -2.31. The molecule has 2 aromatic heterocycles. The van der Waals surface area contributed by atoms with Gasteiger partial charge in [0, 0.05) is 24.5 Å². The van der Waals surface area contributed by atoms with E-state index in [0.717, 1.165) is 5.52 Å². The monoisotopic (exact) mass is 371 g/mol. The highest BCUT2D eigenvalue weighted by molar-refractivity contribution is 5.97. The molecular formula is C16H17N7O4. The lowest BCUT2D eigenvalue weighted by molar-refractivity contribution is -0.122. The van der Waals surface area contributed by atoms with Crippen LogP contribution in [-0.4, -0.2) is 72.3 Å². The van der Waals surface area contributed by atoms with Crippen molar-refractivity contribution in [2.45, 2.75) is 6.10 Å². The van der Waals surface area contributed by atoms with Crippen LogP contribution in [0.15, 0.2) is 30.6 Å². The van der Waals surface area contributed by atoms with Gasteiger partial charge in [-0.05, 0) is 23.4 Å². The first-order valence-electron chi connectivity index (χ1n) is 8.05. The minimum atomic E-state index is -0.364. The Labute approximate surface area is 153 Å². The first kappa shape index (κ1) is 18.3. The van der Waals surface area contributed by atoms with Gasteiger partial charge in [0.25, 0.3) is 12.4 Å². The molecule has 4 rings (SSSR count). The van der Waals surface area contributed by atoms with E-state index in [-0.39, 0.29) is 18.5 Å². The van der Waals surface area contributed by atoms with Crippen LogP contribution >= 0.6 is 0 Å². The summed E-state index contributed by atoms with van der Waals surface area (Å²) >= 11 is 0. The minimum absolute atomic E-state index is 0.0697. The summed E-state index contributed by atoms with van der Waals surface area (Å²) in [5, 5.41) is 18.8. The molecule has 0 bridgehead atoms. The average Bonchev–Trinajstić information content (AvgIpc) is 3.14. The Kier molecular flexibility index (Phi) is 5.61. The van der Waals surface area contributed by atoms with Gasteiger partial charge in [-0.25, -0.2) is 0 Å². The Morgan fingerprint density at radius 2 is 2.04 bits per heavy atom. The number of benzene rings is 1. The molecule has 1 aromatic carbocycles. The van der Waals surface area contributed by atoms with Gasteiger partial charge in [0.05, 0.1) is 31.2 Å². The van der Waals surface area contributed by atoms with Crippen LogP contribution in [0.5, 0.6) is 0 Å². The number of amides is 1. The largest absolute Gasteiger partial charge is 0.483 e. The van der Waals surface area contributed by atoms with E-state index in [1.807, 2.05) is 0 Å². The van der Waals surface area contributed by atoms with E-state index in [9.17, 15) is 4.79 Å². The van der Waals surface area contributed by atoms with Crippen molar-refractivity contribution in [1.82, 2.24) is 35.1 Å². The average molecular weight is 371 g/mol. The number of carbonyl (C=O) groups is 2. The number of tetrazole rings is 1. The Balaban J connectivity index is 0.000000659. The number of carboxylic acid groups (broad SMARTS) is 1. The summed E-state index contributed by atoms with van der Waals surface area (Å²) < 4.78 is 5.67. The van der Waals surface area contributed by atoms with Crippen molar-refractivity contribution in [3.8, 4) is 0 Å². The number of fused-ring (bicyclic) bond motifs is 1. The van der Waals surface area contributed by atoms with Gasteiger partial charge in [-0.1, -0.05) is 0 Å². The summed E-state index contributed by atoms with van der Waals surface area (Å²) in [6.45, 7) is 1.10. The first-order chi connectivity index (χ1) is 13.1. The van der Waals surface area contributed by atoms with Gasteiger partial charge in [0.2, 0.25) is 5.82 Å². The second kappa shape index (κ2) is 8.27. The molecule has 0 spiro atoms. The van der Waals surface area contributed by atoms with Crippen molar-refractivity contribution in [2.75, 3.05) is 19.7 Å². The molecule has 27 heavy (non-hydrogen) atoms. The van der Waals surface area contributed by atoms with E-state index in [0.29, 0.717) is 36.6 Å². The van der Waals surface area contributed by atoms with Gasteiger partial charge in [-0.2, -0.15) is 4.80 Å². The fraction of sp³-hybridized carbons (Fsp3) is 0.312. The van der Waals surface area contributed by atoms with Gasteiger partial charge in [-0.15, -0.1) is 10.2 Å². The van der Waals surface area contributed by atoms with Crippen LogP contribution in [0.3, 0.4) is 0 Å². The summed E-state index contributed by atoms with van der Waals surface area (Å²) in [5.41, 5.74) is 2.04. The van der Waals surface area contributed by atoms with E-state index >= 15 is 0 Å². The Morgan fingerprint density at radius 1 is 1.30 bits per heavy atom. The molecule has 1 aliphatic heterocycles. The maximum absolute atomic E-state index is 12.8. The highest BCUT2D eigenvalue weighted by Gasteiger charge is 2.29. The lowest BCUT2D eigenvalue weighted by Crippen LogP contribution is -2.42. The smallest absolute Gasteiger partial charge is 0.290 e. The number of rotatable bonds is 2. The Bertz CT molecular complexity index is 945. The van der Waals surface area contributed by atoms with Crippen LogP contribution in [0, 0.1) is 0 Å². The summed E-state index contributed by atoms with van der Waals surface area (Å²) in [5.74, 6) is 0.416. The van der Waals surface area contributed by atoms with Crippen molar-refractivity contribution in [2.24, 2.45) is 7.05 Å². The van der Waals surface area contributed by atoms with Crippen molar-refractivity contribution in [3.05, 3.63) is 42.0 Å². The number of nitrogens with zero attached hydrogens (tertiary/aromatic N) is 7. The maximum Gasteiger partial charge on any atom is 0.290 e. The molecule has 0 aliphatic carbocycles. The molecule has 140 valence electrons. The van der Waals surface area contributed by atoms with Gasteiger partial charge < -0.3 is 14.7 Å². The molecule has 3 heterocycles.